The Bertz CT molecular complexity index is 581. The van der Waals surface area contributed by atoms with Crippen molar-refractivity contribution in [1.82, 2.24) is 23.5 Å². The minimum absolute atomic E-state index is 0.272. The highest BCUT2D eigenvalue weighted by Gasteiger charge is 2.39. The zero-order valence-corrected chi connectivity index (χ0v) is 12.9. The van der Waals surface area contributed by atoms with Crippen molar-refractivity contribution in [2.24, 2.45) is 7.05 Å². The number of imidazole rings is 1. The van der Waals surface area contributed by atoms with Crippen LogP contribution in [0.1, 0.15) is 11.9 Å². The first-order chi connectivity index (χ1) is 10.1. The van der Waals surface area contributed by atoms with Crippen molar-refractivity contribution >= 4 is 10.2 Å². The lowest BCUT2D eigenvalue weighted by atomic mass is 10.2. The molecule has 1 aromatic heterocycles. The quantitative estimate of drug-likeness (QED) is 0.769. The molecule has 0 amide bonds. The zero-order valence-electron chi connectivity index (χ0n) is 12.1. The van der Waals surface area contributed by atoms with E-state index in [1.165, 1.54) is 4.31 Å². The summed E-state index contributed by atoms with van der Waals surface area (Å²) in [6, 6.07) is -0.272. The summed E-state index contributed by atoms with van der Waals surface area (Å²) in [6.07, 6.45) is 3.53. The highest BCUT2D eigenvalue weighted by Crippen LogP contribution is 2.25. The Morgan fingerprint density at radius 2 is 2.10 bits per heavy atom. The molecule has 0 aromatic carbocycles. The summed E-state index contributed by atoms with van der Waals surface area (Å²) < 4.78 is 36.0. The summed E-state index contributed by atoms with van der Waals surface area (Å²) >= 11 is 0. The molecule has 1 atom stereocenters. The van der Waals surface area contributed by atoms with Crippen LogP contribution >= 0.6 is 0 Å². The van der Waals surface area contributed by atoms with Gasteiger partial charge in [-0.1, -0.05) is 0 Å². The van der Waals surface area contributed by atoms with Crippen LogP contribution in [-0.4, -0.2) is 72.5 Å². The number of piperazine rings is 1. The van der Waals surface area contributed by atoms with E-state index >= 15 is 0 Å². The van der Waals surface area contributed by atoms with Gasteiger partial charge in [0.25, 0.3) is 10.2 Å². The highest BCUT2D eigenvalue weighted by molar-refractivity contribution is 7.86. The summed E-state index contributed by atoms with van der Waals surface area (Å²) in [5.74, 6) is 0.763. The average Bonchev–Trinajstić information content (AvgIpc) is 2.94. The number of morpholine rings is 1. The fraction of sp³-hybridized carbons (Fsp3) is 0.750. The lowest BCUT2D eigenvalue weighted by molar-refractivity contribution is 0.0683. The summed E-state index contributed by atoms with van der Waals surface area (Å²) in [7, 11) is -1.60. The second-order valence-electron chi connectivity index (χ2n) is 5.25. The number of ether oxygens (including phenoxy) is 1. The van der Waals surface area contributed by atoms with E-state index < -0.39 is 10.2 Å². The van der Waals surface area contributed by atoms with Crippen molar-refractivity contribution in [2.75, 3.05) is 45.9 Å². The minimum atomic E-state index is -3.48. The number of nitrogens with zero attached hydrogens (tertiary/aromatic N) is 4. The Labute approximate surface area is 124 Å². The van der Waals surface area contributed by atoms with E-state index in [1.807, 2.05) is 17.8 Å². The van der Waals surface area contributed by atoms with Gasteiger partial charge in [0.05, 0.1) is 19.3 Å². The first-order valence-electron chi connectivity index (χ1n) is 7.13. The van der Waals surface area contributed by atoms with Gasteiger partial charge in [-0.15, -0.1) is 0 Å². The van der Waals surface area contributed by atoms with Crippen molar-refractivity contribution in [3.63, 3.8) is 0 Å². The molecule has 3 heterocycles. The molecule has 0 spiro atoms. The van der Waals surface area contributed by atoms with Gasteiger partial charge in [0.2, 0.25) is 0 Å². The summed E-state index contributed by atoms with van der Waals surface area (Å²) in [6.45, 7) is 3.44. The van der Waals surface area contributed by atoms with Gasteiger partial charge in [0.15, 0.2) is 0 Å². The fourth-order valence-electron chi connectivity index (χ4n) is 2.81. The molecule has 21 heavy (non-hydrogen) atoms. The Balaban J connectivity index is 1.88. The van der Waals surface area contributed by atoms with Crippen LogP contribution in [0, 0.1) is 0 Å². The van der Waals surface area contributed by atoms with Crippen LogP contribution in [0.15, 0.2) is 12.4 Å². The molecule has 1 N–H and O–H groups in total. The maximum Gasteiger partial charge on any atom is 0.282 e. The van der Waals surface area contributed by atoms with Gasteiger partial charge in [-0.3, -0.25) is 0 Å². The van der Waals surface area contributed by atoms with Gasteiger partial charge >= 0.3 is 0 Å². The predicted molar refractivity (Wildman–Crippen MR) is 76.8 cm³/mol. The standard InChI is InChI=1S/C12H21N5O3S/c1-15-4-3-14-12(15)11-10-13-2-5-17(11)21(18,19)16-6-8-20-9-7-16/h3-4,11,13H,2,5-10H2,1H3. The number of nitrogens with one attached hydrogen (secondary N) is 1. The molecule has 0 radical (unpaired) electrons. The van der Waals surface area contributed by atoms with Crippen molar-refractivity contribution in [3.05, 3.63) is 18.2 Å². The SMILES string of the molecule is Cn1ccnc1C1CNCCN1S(=O)(=O)N1CCOCC1. The monoisotopic (exact) mass is 315 g/mol. The minimum Gasteiger partial charge on any atom is -0.379 e. The van der Waals surface area contributed by atoms with E-state index in [-0.39, 0.29) is 6.04 Å². The first kappa shape index (κ1) is 14.9. The van der Waals surface area contributed by atoms with Gasteiger partial charge in [-0.2, -0.15) is 17.0 Å². The Kier molecular flexibility index (Phi) is 4.27. The molecule has 2 fully saturated rings. The maximum atomic E-state index is 12.9. The molecule has 3 rings (SSSR count). The molecule has 118 valence electrons. The zero-order chi connectivity index (χ0) is 14.9. The number of hydrogen-bond donors (Lipinski definition) is 1. The number of aryl methyl sites for hydroxylation is 1. The lowest BCUT2D eigenvalue weighted by Gasteiger charge is -2.38. The summed E-state index contributed by atoms with van der Waals surface area (Å²) in [5.41, 5.74) is 0. The molecule has 8 nitrogen and oxygen atoms in total. The van der Waals surface area contributed by atoms with E-state index in [0.717, 1.165) is 5.82 Å². The van der Waals surface area contributed by atoms with E-state index in [1.54, 1.807) is 10.5 Å². The Morgan fingerprint density at radius 1 is 1.33 bits per heavy atom. The molecule has 2 saturated heterocycles. The van der Waals surface area contributed by atoms with Crippen molar-refractivity contribution in [1.29, 1.82) is 0 Å². The van der Waals surface area contributed by atoms with Crippen molar-refractivity contribution < 1.29 is 13.2 Å². The molecule has 0 aliphatic carbocycles. The maximum absolute atomic E-state index is 12.9. The van der Waals surface area contributed by atoms with Crippen LogP contribution in [-0.2, 0) is 22.0 Å². The van der Waals surface area contributed by atoms with Crippen LogP contribution in [0.4, 0.5) is 0 Å². The van der Waals surface area contributed by atoms with Crippen LogP contribution in [0.5, 0.6) is 0 Å². The Hall–Kier alpha value is -1.00. The van der Waals surface area contributed by atoms with Crippen LogP contribution in [0.2, 0.25) is 0 Å². The topological polar surface area (TPSA) is 79.7 Å². The van der Waals surface area contributed by atoms with Crippen molar-refractivity contribution in [3.8, 4) is 0 Å². The van der Waals surface area contributed by atoms with Crippen LogP contribution < -0.4 is 5.32 Å². The van der Waals surface area contributed by atoms with Gasteiger partial charge in [0.1, 0.15) is 5.82 Å². The number of hydrogen-bond acceptors (Lipinski definition) is 5. The highest BCUT2D eigenvalue weighted by atomic mass is 32.2. The third kappa shape index (κ3) is 2.84. The molecular formula is C12H21N5O3S. The van der Waals surface area contributed by atoms with Crippen molar-refractivity contribution in [2.45, 2.75) is 6.04 Å². The molecule has 2 aliphatic rings. The molecule has 2 aliphatic heterocycles. The molecule has 0 bridgehead atoms. The van der Waals surface area contributed by atoms with Gasteiger partial charge in [-0.25, -0.2) is 4.98 Å². The summed E-state index contributed by atoms with van der Waals surface area (Å²) in [4.78, 5) is 4.32. The van der Waals surface area contributed by atoms with Gasteiger partial charge in [0, 0.05) is 52.2 Å². The summed E-state index contributed by atoms with van der Waals surface area (Å²) in [5, 5.41) is 3.25. The van der Waals surface area contributed by atoms with E-state index in [2.05, 4.69) is 10.3 Å². The smallest absolute Gasteiger partial charge is 0.282 e. The van der Waals surface area contributed by atoms with Gasteiger partial charge < -0.3 is 14.6 Å². The van der Waals surface area contributed by atoms with Crippen LogP contribution in [0.25, 0.3) is 0 Å². The normalized spacial score (nSPS) is 26.0. The lowest BCUT2D eigenvalue weighted by Crippen LogP contribution is -2.55. The second kappa shape index (κ2) is 6.01. The molecule has 0 saturated carbocycles. The van der Waals surface area contributed by atoms with E-state index in [0.29, 0.717) is 45.9 Å². The van der Waals surface area contributed by atoms with Gasteiger partial charge in [-0.05, 0) is 0 Å². The fourth-order valence-corrected chi connectivity index (χ4v) is 4.53. The first-order valence-corrected chi connectivity index (χ1v) is 8.53. The Morgan fingerprint density at radius 3 is 2.76 bits per heavy atom. The molecule has 9 heteroatoms. The van der Waals surface area contributed by atoms with E-state index in [9.17, 15) is 8.42 Å². The number of aromatic nitrogens is 2. The van der Waals surface area contributed by atoms with Crippen LogP contribution in [0.3, 0.4) is 0 Å². The van der Waals surface area contributed by atoms with E-state index in [4.69, 9.17) is 4.74 Å². The molecule has 1 aromatic rings. The molecule has 1 unspecified atom stereocenters. The number of rotatable bonds is 3. The largest absolute Gasteiger partial charge is 0.379 e. The third-order valence-electron chi connectivity index (χ3n) is 3.94. The predicted octanol–water partition coefficient (Wildman–Crippen LogP) is -1.06. The average molecular weight is 315 g/mol. The molecular weight excluding hydrogens is 294 g/mol. The second-order valence-corrected chi connectivity index (χ2v) is 7.13. The third-order valence-corrected chi connectivity index (χ3v) is 5.99.